The molecule has 1 aromatic carbocycles. The Morgan fingerprint density at radius 2 is 2.12 bits per heavy atom. The van der Waals surface area contributed by atoms with E-state index in [0.717, 1.165) is 12.1 Å². The average molecular weight is 250 g/mol. The maximum Gasteiger partial charge on any atom is 0.315 e. The highest BCUT2D eigenvalue weighted by molar-refractivity contribution is 7.99. The van der Waals surface area contributed by atoms with Gasteiger partial charge in [-0.2, -0.15) is 11.8 Å². The van der Waals surface area contributed by atoms with Crippen LogP contribution in [0, 0.1) is 5.92 Å². The number of rotatable bonds is 4. The lowest BCUT2D eigenvalue weighted by molar-refractivity contribution is 0.239. The monoisotopic (exact) mass is 250 g/mol. The molecule has 0 bridgehead atoms. The van der Waals surface area contributed by atoms with Crippen LogP contribution in [0.4, 0.5) is 4.79 Å². The minimum absolute atomic E-state index is 0.0641. The van der Waals surface area contributed by atoms with Crippen molar-refractivity contribution >= 4 is 17.8 Å². The van der Waals surface area contributed by atoms with Gasteiger partial charge >= 0.3 is 6.03 Å². The summed E-state index contributed by atoms with van der Waals surface area (Å²) >= 11 is 1.97. The van der Waals surface area contributed by atoms with Crippen LogP contribution in [-0.4, -0.2) is 24.1 Å². The smallest absolute Gasteiger partial charge is 0.315 e. The number of benzene rings is 1. The second-order valence-electron chi connectivity index (χ2n) is 4.28. The van der Waals surface area contributed by atoms with Crippen molar-refractivity contribution in [2.75, 3.05) is 18.1 Å². The lowest BCUT2D eigenvalue weighted by Crippen LogP contribution is -2.37. The second kappa shape index (κ2) is 6.55. The molecule has 2 amide bonds. The molecule has 1 aromatic rings. The SMILES string of the molecule is O=C(NCc1ccccc1)NCC1CCSC1. The molecule has 0 radical (unpaired) electrons. The predicted octanol–water partition coefficient (Wildman–Crippen LogP) is 2.24. The Morgan fingerprint density at radius 1 is 1.29 bits per heavy atom. The van der Waals surface area contributed by atoms with Gasteiger partial charge in [0.25, 0.3) is 0 Å². The van der Waals surface area contributed by atoms with Crippen LogP contribution in [0.3, 0.4) is 0 Å². The Hall–Kier alpha value is -1.16. The van der Waals surface area contributed by atoms with Crippen LogP contribution < -0.4 is 10.6 Å². The fraction of sp³-hybridized carbons (Fsp3) is 0.462. The van der Waals surface area contributed by atoms with Crippen molar-refractivity contribution in [2.24, 2.45) is 5.92 Å². The van der Waals surface area contributed by atoms with Gasteiger partial charge in [0.15, 0.2) is 0 Å². The van der Waals surface area contributed by atoms with Crippen LogP contribution in [0.25, 0.3) is 0 Å². The highest BCUT2D eigenvalue weighted by atomic mass is 32.2. The summed E-state index contributed by atoms with van der Waals surface area (Å²) < 4.78 is 0. The third-order valence-corrected chi connectivity index (χ3v) is 4.10. The van der Waals surface area contributed by atoms with E-state index in [1.165, 1.54) is 17.9 Å². The first-order valence-electron chi connectivity index (χ1n) is 5.98. The van der Waals surface area contributed by atoms with Crippen LogP contribution in [-0.2, 0) is 6.54 Å². The fourth-order valence-electron chi connectivity index (χ4n) is 1.82. The molecule has 0 saturated carbocycles. The Kier molecular flexibility index (Phi) is 4.74. The molecule has 17 heavy (non-hydrogen) atoms. The molecule has 1 fully saturated rings. The zero-order chi connectivity index (χ0) is 11.9. The molecule has 1 aliphatic rings. The van der Waals surface area contributed by atoms with E-state index in [-0.39, 0.29) is 6.03 Å². The molecule has 92 valence electrons. The molecule has 0 aromatic heterocycles. The Labute approximate surface area is 106 Å². The van der Waals surface area contributed by atoms with Crippen molar-refractivity contribution in [3.05, 3.63) is 35.9 Å². The average Bonchev–Trinajstić information content (AvgIpc) is 2.88. The molecule has 1 atom stereocenters. The topological polar surface area (TPSA) is 41.1 Å². The van der Waals surface area contributed by atoms with Crippen LogP contribution in [0.5, 0.6) is 0 Å². The highest BCUT2D eigenvalue weighted by Crippen LogP contribution is 2.22. The van der Waals surface area contributed by atoms with Gasteiger partial charge in [0, 0.05) is 13.1 Å². The van der Waals surface area contributed by atoms with E-state index >= 15 is 0 Å². The lowest BCUT2D eigenvalue weighted by Gasteiger charge is -2.11. The molecule has 2 rings (SSSR count). The highest BCUT2D eigenvalue weighted by Gasteiger charge is 2.15. The standard InChI is InChI=1S/C13H18N2OS/c16-13(15-9-12-6-7-17-10-12)14-8-11-4-2-1-3-5-11/h1-5,12H,6-10H2,(H2,14,15,16). The summed E-state index contributed by atoms with van der Waals surface area (Å²) in [6.07, 6.45) is 1.23. The van der Waals surface area contributed by atoms with Gasteiger partial charge in [0.05, 0.1) is 0 Å². The summed E-state index contributed by atoms with van der Waals surface area (Å²) in [5.74, 6) is 3.07. The normalized spacial score (nSPS) is 18.9. The third kappa shape index (κ3) is 4.30. The molecule has 1 aliphatic heterocycles. The zero-order valence-corrected chi connectivity index (χ0v) is 10.6. The lowest BCUT2D eigenvalue weighted by atomic mass is 10.1. The quantitative estimate of drug-likeness (QED) is 0.860. The van der Waals surface area contributed by atoms with Gasteiger partial charge < -0.3 is 10.6 Å². The zero-order valence-electron chi connectivity index (χ0n) is 9.82. The summed E-state index contributed by atoms with van der Waals surface area (Å²) in [5, 5.41) is 5.80. The number of carbonyl (C=O) groups is 1. The summed E-state index contributed by atoms with van der Waals surface area (Å²) in [7, 11) is 0. The number of thioether (sulfide) groups is 1. The van der Waals surface area contributed by atoms with Crippen molar-refractivity contribution in [3.63, 3.8) is 0 Å². The molecule has 3 nitrogen and oxygen atoms in total. The number of nitrogens with one attached hydrogen (secondary N) is 2. The summed E-state index contributed by atoms with van der Waals surface area (Å²) in [5.41, 5.74) is 1.12. The maximum absolute atomic E-state index is 11.5. The van der Waals surface area contributed by atoms with Crippen molar-refractivity contribution < 1.29 is 4.79 Å². The molecule has 1 saturated heterocycles. The van der Waals surface area contributed by atoms with E-state index < -0.39 is 0 Å². The Bertz CT molecular complexity index is 350. The van der Waals surface area contributed by atoms with Gasteiger partial charge in [0.1, 0.15) is 0 Å². The van der Waals surface area contributed by atoms with E-state index in [9.17, 15) is 4.79 Å². The molecule has 0 aliphatic carbocycles. The Morgan fingerprint density at radius 3 is 2.82 bits per heavy atom. The van der Waals surface area contributed by atoms with Crippen molar-refractivity contribution in [2.45, 2.75) is 13.0 Å². The fourth-order valence-corrected chi connectivity index (χ4v) is 3.11. The van der Waals surface area contributed by atoms with Crippen LogP contribution in [0.1, 0.15) is 12.0 Å². The molecule has 1 unspecified atom stereocenters. The maximum atomic E-state index is 11.5. The number of amides is 2. The first-order valence-corrected chi connectivity index (χ1v) is 7.13. The largest absolute Gasteiger partial charge is 0.338 e. The van der Waals surface area contributed by atoms with Crippen molar-refractivity contribution in [1.82, 2.24) is 10.6 Å². The first-order chi connectivity index (χ1) is 8.34. The minimum atomic E-state index is -0.0641. The number of hydrogen-bond acceptors (Lipinski definition) is 2. The number of carbonyl (C=O) groups excluding carboxylic acids is 1. The summed E-state index contributed by atoms with van der Waals surface area (Å²) in [4.78, 5) is 11.5. The van der Waals surface area contributed by atoms with Gasteiger partial charge in [0.2, 0.25) is 0 Å². The van der Waals surface area contributed by atoms with E-state index in [1.54, 1.807) is 0 Å². The number of hydrogen-bond donors (Lipinski definition) is 2. The van der Waals surface area contributed by atoms with Crippen LogP contribution >= 0.6 is 11.8 Å². The van der Waals surface area contributed by atoms with Crippen molar-refractivity contribution in [3.8, 4) is 0 Å². The molecular weight excluding hydrogens is 232 g/mol. The van der Waals surface area contributed by atoms with Gasteiger partial charge in [-0.05, 0) is 29.4 Å². The molecular formula is C13H18N2OS. The number of urea groups is 1. The molecule has 2 N–H and O–H groups in total. The Balaban J connectivity index is 1.64. The van der Waals surface area contributed by atoms with Gasteiger partial charge in [-0.25, -0.2) is 4.79 Å². The summed E-state index contributed by atoms with van der Waals surface area (Å²) in [6.45, 7) is 1.39. The first kappa shape index (κ1) is 12.3. The minimum Gasteiger partial charge on any atom is -0.338 e. The van der Waals surface area contributed by atoms with Gasteiger partial charge in [-0.15, -0.1) is 0 Å². The molecule has 0 spiro atoms. The van der Waals surface area contributed by atoms with Gasteiger partial charge in [-0.1, -0.05) is 30.3 Å². The van der Waals surface area contributed by atoms with Crippen molar-refractivity contribution in [1.29, 1.82) is 0 Å². The second-order valence-corrected chi connectivity index (χ2v) is 5.43. The summed E-state index contributed by atoms with van der Waals surface area (Å²) in [6, 6.07) is 9.88. The van der Waals surface area contributed by atoms with E-state index in [4.69, 9.17) is 0 Å². The molecule has 1 heterocycles. The van der Waals surface area contributed by atoms with E-state index in [0.29, 0.717) is 12.5 Å². The molecule has 4 heteroatoms. The van der Waals surface area contributed by atoms with Crippen LogP contribution in [0.2, 0.25) is 0 Å². The van der Waals surface area contributed by atoms with Gasteiger partial charge in [-0.3, -0.25) is 0 Å². The third-order valence-electron chi connectivity index (χ3n) is 2.87. The van der Waals surface area contributed by atoms with E-state index in [1.807, 2.05) is 42.1 Å². The predicted molar refractivity (Wildman–Crippen MR) is 72.1 cm³/mol. The van der Waals surface area contributed by atoms with E-state index in [2.05, 4.69) is 10.6 Å². The van der Waals surface area contributed by atoms with Crippen LogP contribution in [0.15, 0.2) is 30.3 Å².